The summed E-state index contributed by atoms with van der Waals surface area (Å²) in [7, 11) is 0. The number of Topliss-reactive ketones (excluding diaryl/α,β-unsaturated/α-hetero) is 1. The zero-order valence-electron chi connectivity index (χ0n) is 20.2. The highest BCUT2D eigenvalue weighted by Gasteiger charge is 2.31. The van der Waals surface area contributed by atoms with Crippen LogP contribution in [0.4, 0.5) is 5.95 Å². The molecule has 0 radical (unpaired) electrons. The van der Waals surface area contributed by atoms with Crippen LogP contribution in [0.2, 0.25) is 0 Å². The zero-order chi connectivity index (χ0) is 25.4. The molecule has 0 aliphatic rings. The predicted molar refractivity (Wildman–Crippen MR) is 131 cm³/mol. The number of anilines is 1. The Hall–Kier alpha value is -3.48. The third-order valence-electron chi connectivity index (χ3n) is 5.23. The first-order valence-electron chi connectivity index (χ1n) is 11.3. The number of aromatic nitrogens is 4. The molecule has 0 aliphatic carbocycles. The summed E-state index contributed by atoms with van der Waals surface area (Å²) in [6.07, 6.45) is 2.31. The van der Waals surface area contributed by atoms with Crippen LogP contribution in [-0.2, 0) is 16.1 Å². The lowest BCUT2D eigenvalue weighted by atomic mass is 9.96. The number of amides is 1. The van der Waals surface area contributed by atoms with Gasteiger partial charge in [0, 0.05) is 31.6 Å². The van der Waals surface area contributed by atoms with Gasteiger partial charge in [0.1, 0.15) is 6.54 Å². The fourth-order valence-corrected chi connectivity index (χ4v) is 3.58. The van der Waals surface area contributed by atoms with Crippen LogP contribution < -0.4 is 28.1 Å². The van der Waals surface area contributed by atoms with E-state index in [4.69, 9.17) is 17.2 Å². The number of H-pyrrole nitrogens is 1. The smallest absolute Gasteiger partial charge is 0.280 e. The van der Waals surface area contributed by atoms with Crippen molar-refractivity contribution in [2.45, 2.75) is 59.2 Å². The average molecular weight is 477 g/mol. The van der Waals surface area contributed by atoms with Crippen molar-refractivity contribution in [2.24, 2.45) is 22.4 Å². The van der Waals surface area contributed by atoms with Crippen molar-refractivity contribution in [2.75, 3.05) is 25.4 Å². The molecule has 0 spiro atoms. The Balaban J connectivity index is 2.33. The number of nitrogens with two attached hydrogens (primary N) is 3. The maximum Gasteiger partial charge on any atom is 0.280 e. The molecule has 0 aliphatic heterocycles. The molecule has 0 aromatic carbocycles. The molecule has 8 N–H and O–H groups in total. The van der Waals surface area contributed by atoms with Crippen molar-refractivity contribution in [1.82, 2.24) is 29.7 Å². The maximum absolute atomic E-state index is 13.5. The summed E-state index contributed by atoms with van der Waals surface area (Å²) >= 11 is 0. The monoisotopic (exact) mass is 476 g/mol. The van der Waals surface area contributed by atoms with Crippen LogP contribution >= 0.6 is 0 Å². The van der Waals surface area contributed by atoms with Gasteiger partial charge in [-0.1, -0.05) is 27.7 Å². The number of imidazole rings is 1. The van der Waals surface area contributed by atoms with E-state index in [9.17, 15) is 14.4 Å². The van der Waals surface area contributed by atoms with E-state index in [1.54, 1.807) is 4.90 Å². The third-order valence-corrected chi connectivity index (χ3v) is 5.23. The van der Waals surface area contributed by atoms with Crippen LogP contribution in [0, 0.1) is 5.92 Å². The lowest BCUT2D eigenvalue weighted by Crippen LogP contribution is -2.50. The fourth-order valence-electron chi connectivity index (χ4n) is 3.58. The first kappa shape index (κ1) is 26.8. The lowest BCUT2D eigenvalue weighted by Gasteiger charge is -2.32. The highest BCUT2D eigenvalue weighted by atomic mass is 16.2. The van der Waals surface area contributed by atoms with Crippen LogP contribution in [0.3, 0.4) is 0 Å². The summed E-state index contributed by atoms with van der Waals surface area (Å²) in [6, 6.07) is -0.429. The largest absolute Gasteiger partial charge is 0.370 e. The number of hydrogen-bond donors (Lipinski definition) is 5. The molecule has 1 atom stereocenters. The van der Waals surface area contributed by atoms with Gasteiger partial charge in [0.15, 0.2) is 22.9 Å². The molecular weight excluding hydrogens is 440 g/mol. The minimum atomic E-state index is -0.646. The van der Waals surface area contributed by atoms with Gasteiger partial charge in [-0.2, -0.15) is 4.98 Å². The molecule has 2 rings (SSSR count). The molecule has 2 heterocycles. The lowest BCUT2D eigenvalue weighted by molar-refractivity contribution is -0.141. The van der Waals surface area contributed by atoms with E-state index >= 15 is 0 Å². The first-order valence-corrected chi connectivity index (χ1v) is 11.3. The molecule has 34 heavy (non-hydrogen) atoms. The topological polar surface area (TPSA) is 203 Å². The number of aliphatic imine (C=N–C) groups is 1. The molecule has 0 fully saturated rings. The number of ketones is 1. The average Bonchev–Trinajstić information content (AvgIpc) is 3.13. The Morgan fingerprint density at radius 1 is 1.26 bits per heavy atom. The Labute approximate surface area is 198 Å². The number of guanidine groups is 1. The van der Waals surface area contributed by atoms with E-state index in [-0.39, 0.29) is 53.3 Å². The SMILES string of the molecule is CC(C)NCCN(C(=O)Cn1cnc2c(=O)[nH]c(N)nc21)[C@H](CCCN=C(N)N)C(=O)C(C)C. The minimum absolute atomic E-state index is 0.0189. The Bertz CT molecular complexity index is 1070. The molecule has 2 aromatic heterocycles. The molecule has 188 valence electrons. The molecule has 0 saturated carbocycles. The highest BCUT2D eigenvalue weighted by Crippen LogP contribution is 2.16. The summed E-state index contributed by atoms with van der Waals surface area (Å²) in [6.45, 7) is 8.66. The Morgan fingerprint density at radius 3 is 2.59 bits per heavy atom. The second-order valence-electron chi connectivity index (χ2n) is 8.71. The molecule has 13 heteroatoms. The van der Waals surface area contributed by atoms with Gasteiger partial charge < -0.3 is 32.0 Å². The van der Waals surface area contributed by atoms with Crippen molar-refractivity contribution < 1.29 is 9.59 Å². The summed E-state index contributed by atoms with van der Waals surface area (Å²) in [5.41, 5.74) is 16.3. The van der Waals surface area contributed by atoms with Crippen LogP contribution in [0.15, 0.2) is 16.1 Å². The minimum Gasteiger partial charge on any atom is -0.370 e. The molecule has 0 saturated heterocycles. The summed E-state index contributed by atoms with van der Waals surface area (Å²) < 4.78 is 1.46. The maximum atomic E-state index is 13.5. The van der Waals surface area contributed by atoms with Gasteiger partial charge in [-0.3, -0.25) is 24.4 Å². The zero-order valence-corrected chi connectivity index (χ0v) is 20.2. The van der Waals surface area contributed by atoms with Crippen molar-refractivity contribution in [3.63, 3.8) is 0 Å². The van der Waals surface area contributed by atoms with Gasteiger partial charge in [-0.25, -0.2) is 4.98 Å². The second-order valence-corrected chi connectivity index (χ2v) is 8.71. The molecule has 13 nitrogen and oxygen atoms in total. The number of fused-ring (bicyclic) bond motifs is 1. The number of hydrogen-bond acceptors (Lipinski definition) is 8. The van der Waals surface area contributed by atoms with Crippen molar-refractivity contribution in [1.29, 1.82) is 0 Å². The summed E-state index contributed by atoms with van der Waals surface area (Å²) in [5, 5.41) is 3.29. The number of carbonyl (C=O) groups excluding carboxylic acids is 2. The van der Waals surface area contributed by atoms with Crippen molar-refractivity contribution >= 4 is 34.8 Å². The normalized spacial score (nSPS) is 12.3. The second kappa shape index (κ2) is 12.1. The van der Waals surface area contributed by atoms with E-state index in [1.165, 1.54) is 10.9 Å². The van der Waals surface area contributed by atoms with Gasteiger partial charge in [-0.05, 0) is 12.8 Å². The number of rotatable bonds is 13. The van der Waals surface area contributed by atoms with E-state index in [1.807, 2.05) is 27.7 Å². The van der Waals surface area contributed by atoms with E-state index in [2.05, 4.69) is 25.3 Å². The van der Waals surface area contributed by atoms with E-state index in [0.29, 0.717) is 32.5 Å². The fraction of sp³-hybridized carbons (Fsp3) is 0.619. The molecule has 0 bridgehead atoms. The molecule has 0 unspecified atom stereocenters. The van der Waals surface area contributed by atoms with Gasteiger partial charge in [-0.15, -0.1) is 0 Å². The standard InChI is InChI=1S/C21H36N10O3/c1-12(2)17(33)14(6-5-7-26-20(22)23)31(9-8-25-13(3)4)15(32)10-30-11-27-16-18(30)28-21(24)29-19(16)34/h11-14,25H,5-10H2,1-4H3,(H4,22,23,26)(H3,24,28,29,34)/t14-/m1/s1. The quantitative estimate of drug-likeness (QED) is 0.139. The Kier molecular flexibility index (Phi) is 9.54. The van der Waals surface area contributed by atoms with Gasteiger partial charge >= 0.3 is 0 Å². The summed E-state index contributed by atoms with van der Waals surface area (Å²) in [5.74, 6) is -0.703. The van der Waals surface area contributed by atoms with Crippen molar-refractivity contribution in [3.05, 3.63) is 16.7 Å². The summed E-state index contributed by atoms with van der Waals surface area (Å²) in [4.78, 5) is 54.8. The molecule has 2 aromatic rings. The van der Waals surface area contributed by atoms with Gasteiger partial charge in [0.05, 0.1) is 12.4 Å². The number of nitrogens with one attached hydrogen (secondary N) is 2. The van der Waals surface area contributed by atoms with Crippen LogP contribution in [0.25, 0.3) is 11.2 Å². The number of nitrogen functional groups attached to an aromatic ring is 1. The predicted octanol–water partition coefficient (Wildman–Crippen LogP) is -0.824. The van der Waals surface area contributed by atoms with Crippen LogP contribution in [0.1, 0.15) is 40.5 Å². The van der Waals surface area contributed by atoms with Gasteiger partial charge in [0.25, 0.3) is 5.56 Å². The van der Waals surface area contributed by atoms with E-state index in [0.717, 1.165) is 0 Å². The molecular formula is C21H36N10O3. The first-order chi connectivity index (χ1) is 16.0. The molecule has 1 amide bonds. The number of nitrogens with zero attached hydrogens (tertiary/aromatic N) is 5. The number of aromatic amines is 1. The third kappa shape index (κ3) is 7.27. The van der Waals surface area contributed by atoms with Gasteiger partial charge in [0.2, 0.25) is 11.9 Å². The van der Waals surface area contributed by atoms with Crippen LogP contribution in [0.5, 0.6) is 0 Å². The van der Waals surface area contributed by atoms with E-state index < -0.39 is 11.6 Å². The highest BCUT2D eigenvalue weighted by molar-refractivity contribution is 5.90. The number of carbonyl (C=O) groups is 2. The van der Waals surface area contributed by atoms with Crippen molar-refractivity contribution in [3.8, 4) is 0 Å². The Morgan fingerprint density at radius 2 is 1.97 bits per heavy atom. The van der Waals surface area contributed by atoms with Crippen LogP contribution in [-0.4, -0.2) is 73.8 Å².